The minimum absolute atomic E-state index is 0.0127. The number of hydrogen-bond donors (Lipinski definition) is 2. The van der Waals surface area contributed by atoms with Crippen molar-refractivity contribution in [1.82, 2.24) is 10.3 Å². The number of hydrogen-bond acceptors (Lipinski definition) is 4. The third kappa shape index (κ3) is 2.66. The van der Waals surface area contributed by atoms with E-state index in [1.54, 1.807) is 6.20 Å². The molecule has 1 fully saturated rings. The van der Waals surface area contributed by atoms with Gasteiger partial charge in [0.2, 0.25) is 0 Å². The Bertz CT molecular complexity index is 335. The molecule has 0 amide bonds. The zero-order valence-corrected chi connectivity index (χ0v) is 8.94. The third-order valence-corrected chi connectivity index (χ3v) is 2.78. The summed E-state index contributed by atoms with van der Waals surface area (Å²) < 4.78 is 5.13. The molecule has 2 heterocycles. The van der Waals surface area contributed by atoms with Crippen LogP contribution in [-0.4, -0.2) is 35.5 Å². The summed E-state index contributed by atoms with van der Waals surface area (Å²) in [5.74, 6) is 0. The first-order valence-corrected chi connectivity index (χ1v) is 5.24. The number of nitrogens with one attached hydrogen (secondary N) is 1. The van der Waals surface area contributed by atoms with Gasteiger partial charge in [0.25, 0.3) is 0 Å². The quantitative estimate of drug-likeness (QED) is 0.744. The fraction of sp³-hybridized carbons (Fsp3) is 0.500. The predicted molar refractivity (Wildman–Crippen MR) is 56.7 cm³/mol. The molecule has 0 aliphatic carbocycles. The average molecular weight is 229 g/mol. The van der Waals surface area contributed by atoms with Crippen molar-refractivity contribution >= 4 is 11.6 Å². The van der Waals surface area contributed by atoms with Gasteiger partial charge in [0.1, 0.15) is 5.15 Å². The maximum atomic E-state index is 9.50. The van der Waals surface area contributed by atoms with Gasteiger partial charge in [-0.3, -0.25) is 0 Å². The Balaban J connectivity index is 1.90. The van der Waals surface area contributed by atoms with Crippen molar-refractivity contribution in [3.63, 3.8) is 0 Å². The molecule has 0 aromatic carbocycles. The van der Waals surface area contributed by atoms with E-state index in [2.05, 4.69) is 10.3 Å². The van der Waals surface area contributed by atoms with Gasteiger partial charge in [0.15, 0.2) is 0 Å². The van der Waals surface area contributed by atoms with Gasteiger partial charge in [0.05, 0.1) is 25.4 Å². The van der Waals surface area contributed by atoms with Crippen LogP contribution in [0.15, 0.2) is 18.3 Å². The molecule has 15 heavy (non-hydrogen) atoms. The van der Waals surface area contributed by atoms with Crippen molar-refractivity contribution in [3.05, 3.63) is 29.0 Å². The van der Waals surface area contributed by atoms with E-state index >= 15 is 0 Å². The number of halogens is 1. The number of aliphatic hydroxyl groups excluding tert-OH is 1. The van der Waals surface area contributed by atoms with Gasteiger partial charge in [0, 0.05) is 18.3 Å². The molecule has 0 saturated carbocycles. The molecule has 0 spiro atoms. The normalized spacial score (nSPS) is 25.7. The van der Waals surface area contributed by atoms with Gasteiger partial charge in [-0.1, -0.05) is 17.7 Å². The number of aromatic nitrogens is 1. The lowest BCUT2D eigenvalue weighted by molar-refractivity contribution is 0.122. The van der Waals surface area contributed by atoms with Gasteiger partial charge in [-0.15, -0.1) is 0 Å². The lowest BCUT2D eigenvalue weighted by Gasteiger charge is -2.14. The Kier molecular flexibility index (Phi) is 3.53. The molecule has 1 aromatic rings. The van der Waals surface area contributed by atoms with Crippen LogP contribution in [0.25, 0.3) is 0 Å². The Labute approximate surface area is 93.2 Å². The van der Waals surface area contributed by atoms with Crippen LogP contribution >= 0.6 is 11.6 Å². The van der Waals surface area contributed by atoms with Crippen LogP contribution in [0.2, 0.25) is 5.15 Å². The van der Waals surface area contributed by atoms with Crippen molar-refractivity contribution < 1.29 is 9.84 Å². The van der Waals surface area contributed by atoms with Crippen LogP contribution in [0, 0.1) is 0 Å². The monoisotopic (exact) mass is 228 g/mol. The molecular formula is C10H13ClN2O2. The molecule has 1 saturated heterocycles. The smallest absolute Gasteiger partial charge is 0.133 e. The highest BCUT2D eigenvalue weighted by Gasteiger charge is 2.25. The first kappa shape index (κ1) is 10.8. The number of rotatable bonds is 3. The van der Waals surface area contributed by atoms with E-state index in [0.29, 0.717) is 24.9 Å². The van der Waals surface area contributed by atoms with Crippen LogP contribution < -0.4 is 5.32 Å². The average Bonchev–Trinajstić information content (AvgIpc) is 2.63. The minimum Gasteiger partial charge on any atom is -0.389 e. The summed E-state index contributed by atoms with van der Waals surface area (Å²) in [7, 11) is 0. The molecule has 0 radical (unpaired) electrons. The first-order valence-electron chi connectivity index (χ1n) is 4.86. The maximum Gasteiger partial charge on any atom is 0.133 e. The molecule has 2 atom stereocenters. The summed E-state index contributed by atoms with van der Waals surface area (Å²) in [6.07, 6.45) is 1.22. The molecule has 2 unspecified atom stereocenters. The second-order valence-corrected chi connectivity index (χ2v) is 3.90. The van der Waals surface area contributed by atoms with Crippen LogP contribution in [0.4, 0.5) is 0 Å². The standard InChI is InChI=1S/C10H13ClN2O2/c11-10-7(2-1-3-12-10)4-13-8-5-15-6-9(8)14/h1-3,8-9,13-14H,4-6H2. The molecule has 4 nitrogen and oxygen atoms in total. The highest BCUT2D eigenvalue weighted by Crippen LogP contribution is 2.12. The minimum atomic E-state index is -0.430. The largest absolute Gasteiger partial charge is 0.389 e. The van der Waals surface area contributed by atoms with Gasteiger partial charge in [-0.2, -0.15) is 0 Å². The highest BCUT2D eigenvalue weighted by atomic mass is 35.5. The van der Waals surface area contributed by atoms with Crippen molar-refractivity contribution in [2.75, 3.05) is 13.2 Å². The van der Waals surface area contributed by atoms with Crippen molar-refractivity contribution in [2.45, 2.75) is 18.7 Å². The second kappa shape index (κ2) is 4.90. The Morgan fingerprint density at radius 2 is 2.47 bits per heavy atom. The fourth-order valence-electron chi connectivity index (χ4n) is 1.53. The molecule has 1 aliphatic rings. The Hall–Kier alpha value is -0.680. The van der Waals surface area contributed by atoms with E-state index in [4.69, 9.17) is 16.3 Å². The molecule has 1 aliphatic heterocycles. The lowest BCUT2D eigenvalue weighted by Crippen LogP contribution is -2.38. The maximum absolute atomic E-state index is 9.50. The Morgan fingerprint density at radius 1 is 1.60 bits per heavy atom. The number of pyridine rings is 1. The van der Waals surface area contributed by atoms with Crippen LogP contribution in [-0.2, 0) is 11.3 Å². The Morgan fingerprint density at radius 3 is 3.13 bits per heavy atom. The van der Waals surface area contributed by atoms with Gasteiger partial charge >= 0.3 is 0 Å². The van der Waals surface area contributed by atoms with E-state index in [-0.39, 0.29) is 6.04 Å². The summed E-state index contributed by atoms with van der Waals surface area (Å²) in [5.41, 5.74) is 0.929. The van der Waals surface area contributed by atoms with Gasteiger partial charge < -0.3 is 15.2 Å². The fourth-order valence-corrected chi connectivity index (χ4v) is 1.72. The zero-order chi connectivity index (χ0) is 10.7. The number of aliphatic hydroxyl groups is 1. The van der Waals surface area contributed by atoms with E-state index in [0.717, 1.165) is 5.56 Å². The van der Waals surface area contributed by atoms with Crippen LogP contribution in [0.3, 0.4) is 0 Å². The lowest BCUT2D eigenvalue weighted by atomic mass is 10.2. The summed E-state index contributed by atoms with van der Waals surface area (Å²) in [5, 5.41) is 13.2. The topological polar surface area (TPSA) is 54.4 Å². The summed E-state index contributed by atoms with van der Waals surface area (Å²) in [6.45, 7) is 1.54. The predicted octanol–water partition coefficient (Wildman–Crippen LogP) is 0.584. The molecule has 82 valence electrons. The van der Waals surface area contributed by atoms with Crippen LogP contribution in [0.1, 0.15) is 5.56 Å². The van der Waals surface area contributed by atoms with E-state index in [1.807, 2.05) is 12.1 Å². The molecule has 5 heteroatoms. The van der Waals surface area contributed by atoms with E-state index < -0.39 is 6.10 Å². The van der Waals surface area contributed by atoms with Crippen molar-refractivity contribution in [2.24, 2.45) is 0 Å². The van der Waals surface area contributed by atoms with E-state index in [1.165, 1.54) is 0 Å². The zero-order valence-electron chi connectivity index (χ0n) is 8.19. The SMILES string of the molecule is OC1COCC1NCc1cccnc1Cl. The number of ether oxygens (including phenoxy) is 1. The van der Waals surface area contributed by atoms with Gasteiger partial charge in [-0.05, 0) is 6.07 Å². The summed E-state index contributed by atoms with van der Waals surface area (Å²) in [6, 6.07) is 3.73. The highest BCUT2D eigenvalue weighted by molar-refractivity contribution is 6.30. The third-order valence-electron chi connectivity index (χ3n) is 2.44. The van der Waals surface area contributed by atoms with E-state index in [9.17, 15) is 5.11 Å². The van der Waals surface area contributed by atoms with Crippen molar-refractivity contribution in [1.29, 1.82) is 0 Å². The second-order valence-electron chi connectivity index (χ2n) is 3.55. The molecule has 2 N–H and O–H groups in total. The first-order chi connectivity index (χ1) is 7.27. The molecule has 2 rings (SSSR count). The summed E-state index contributed by atoms with van der Waals surface area (Å²) >= 11 is 5.90. The van der Waals surface area contributed by atoms with Crippen molar-refractivity contribution in [3.8, 4) is 0 Å². The number of nitrogens with zero attached hydrogens (tertiary/aromatic N) is 1. The molecular weight excluding hydrogens is 216 g/mol. The van der Waals surface area contributed by atoms with Crippen LogP contribution in [0.5, 0.6) is 0 Å². The van der Waals surface area contributed by atoms with Gasteiger partial charge in [-0.25, -0.2) is 4.98 Å². The molecule has 0 bridgehead atoms. The summed E-state index contributed by atoms with van der Waals surface area (Å²) in [4.78, 5) is 3.98. The molecule has 1 aromatic heterocycles.